The molecule has 3 rings (SSSR count). The molecule has 0 fully saturated rings. The number of thiophene rings is 2. The topological polar surface area (TPSA) is 55.2 Å². The van der Waals surface area contributed by atoms with Gasteiger partial charge in [-0.15, -0.1) is 29.3 Å². The maximum absolute atomic E-state index is 13.2. The van der Waals surface area contributed by atoms with Crippen molar-refractivity contribution in [3.63, 3.8) is 0 Å². The molecule has 8 heteroatoms. The van der Waals surface area contributed by atoms with Crippen molar-refractivity contribution in [1.29, 1.82) is 0 Å². The first-order valence-corrected chi connectivity index (χ1v) is 10.6. The number of carbonyl (C=O) groups is 1. The second kappa shape index (κ2) is 7.77. The second-order valence-electron chi connectivity index (χ2n) is 5.90. The zero-order valence-corrected chi connectivity index (χ0v) is 17.2. The Morgan fingerprint density at radius 3 is 2.85 bits per heavy atom. The molecule has 3 aromatic rings. The summed E-state index contributed by atoms with van der Waals surface area (Å²) in [6.07, 6.45) is 1.68. The number of nitrogens with zero attached hydrogens (tertiary/aromatic N) is 3. The molecule has 0 saturated heterocycles. The Morgan fingerprint density at radius 1 is 1.46 bits per heavy atom. The molecule has 3 aromatic heterocycles. The van der Waals surface area contributed by atoms with Gasteiger partial charge < -0.3 is 4.90 Å². The Bertz CT molecular complexity index is 1000. The van der Waals surface area contributed by atoms with Crippen LogP contribution < -0.4 is 5.56 Å². The lowest BCUT2D eigenvalue weighted by molar-refractivity contribution is -0.127. The molecule has 1 atom stereocenters. The van der Waals surface area contributed by atoms with Crippen LogP contribution >= 0.6 is 34.4 Å². The summed E-state index contributed by atoms with van der Waals surface area (Å²) in [5.41, 5.74) is 0.829. The van der Waals surface area contributed by atoms with Crippen LogP contribution in [0.5, 0.6) is 0 Å². The number of carbonyl (C=O) groups excluding carboxylic acids is 1. The highest BCUT2D eigenvalue weighted by atomic mass is 32.2. The molecule has 136 valence electrons. The van der Waals surface area contributed by atoms with Gasteiger partial charge in [-0.25, -0.2) is 4.98 Å². The third kappa shape index (κ3) is 3.49. The van der Waals surface area contributed by atoms with Gasteiger partial charge in [-0.2, -0.15) is 0 Å². The molecule has 0 spiro atoms. The van der Waals surface area contributed by atoms with Crippen LogP contribution in [0.2, 0.25) is 0 Å². The van der Waals surface area contributed by atoms with Gasteiger partial charge in [0.2, 0.25) is 5.91 Å². The van der Waals surface area contributed by atoms with E-state index in [1.54, 1.807) is 41.0 Å². The van der Waals surface area contributed by atoms with Crippen molar-refractivity contribution in [2.75, 3.05) is 14.1 Å². The highest BCUT2D eigenvalue weighted by molar-refractivity contribution is 8.00. The Labute approximate surface area is 164 Å². The van der Waals surface area contributed by atoms with Gasteiger partial charge in [0.05, 0.1) is 10.6 Å². The van der Waals surface area contributed by atoms with Gasteiger partial charge in [0, 0.05) is 36.5 Å². The molecular formula is C18H19N3O2S3. The molecule has 5 nitrogen and oxygen atoms in total. The van der Waals surface area contributed by atoms with Crippen LogP contribution in [0.4, 0.5) is 0 Å². The number of hydrogen-bond donors (Lipinski definition) is 0. The molecule has 0 radical (unpaired) electrons. The standard InChI is InChI=1S/C18H19N3O2S3/c1-5-8-21-17(23)14-12(13-7-6-9-24-13)10-25-15(14)19-18(21)26-11(2)16(22)20(3)4/h5-7,9-11H,1,8H2,2-4H3/t11-/m0/s1. The third-order valence-electron chi connectivity index (χ3n) is 3.83. The minimum absolute atomic E-state index is 0.0139. The van der Waals surface area contributed by atoms with E-state index in [4.69, 9.17) is 4.98 Å². The van der Waals surface area contributed by atoms with Crippen molar-refractivity contribution in [3.8, 4) is 10.4 Å². The van der Waals surface area contributed by atoms with Crippen LogP contribution in [0, 0.1) is 0 Å². The molecule has 1 amide bonds. The zero-order chi connectivity index (χ0) is 18.8. The van der Waals surface area contributed by atoms with E-state index in [2.05, 4.69) is 6.58 Å². The van der Waals surface area contributed by atoms with Crippen LogP contribution in [-0.2, 0) is 11.3 Å². The lowest BCUT2D eigenvalue weighted by Crippen LogP contribution is -2.31. The molecule has 26 heavy (non-hydrogen) atoms. The lowest BCUT2D eigenvalue weighted by Gasteiger charge is -2.17. The monoisotopic (exact) mass is 405 g/mol. The van der Waals surface area contributed by atoms with E-state index >= 15 is 0 Å². The van der Waals surface area contributed by atoms with Crippen LogP contribution in [0.25, 0.3) is 20.7 Å². The predicted octanol–water partition coefficient (Wildman–Crippen LogP) is 3.94. The summed E-state index contributed by atoms with van der Waals surface area (Å²) < 4.78 is 1.60. The minimum Gasteiger partial charge on any atom is -0.348 e. The van der Waals surface area contributed by atoms with E-state index in [9.17, 15) is 9.59 Å². The summed E-state index contributed by atoms with van der Waals surface area (Å²) in [6, 6.07) is 3.97. The summed E-state index contributed by atoms with van der Waals surface area (Å²) in [7, 11) is 3.44. The van der Waals surface area contributed by atoms with Crippen molar-refractivity contribution in [3.05, 3.63) is 45.9 Å². The predicted molar refractivity (Wildman–Crippen MR) is 111 cm³/mol. The highest BCUT2D eigenvalue weighted by Gasteiger charge is 2.22. The molecule has 0 unspecified atom stereocenters. The third-order valence-corrected chi connectivity index (χ3v) is 6.68. The van der Waals surface area contributed by atoms with Gasteiger partial charge in [-0.3, -0.25) is 14.2 Å². The van der Waals surface area contributed by atoms with E-state index in [0.717, 1.165) is 10.4 Å². The Morgan fingerprint density at radius 2 is 2.23 bits per heavy atom. The summed E-state index contributed by atoms with van der Waals surface area (Å²) in [4.78, 5) is 33.4. The first-order chi connectivity index (χ1) is 12.4. The van der Waals surface area contributed by atoms with Crippen molar-refractivity contribution in [1.82, 2.24) is 14.5 Å². The van der Waals surface area contributed by atoms with Crippen molar-refractivity contribution >= 4 is 50.6 Å². The van der Waals surface area contributed by atoms with E-state index in [1.165, 1.54) is 23.1 Å². The largest absolute Gasteiger partial charge is 0.348 e. The zero-order valence-electron chi connectivity index (χ0n) is 14.8. The second-order valence-corrected chi connectivity index (χ2v) is 9.01. The fourth-order valence-corrected chi connectivity index (χ4v) is 5.44. The van der Waals surface area contributed by atoms with Crippen molar-refractivity contribution in [2.45, 2.75) is 23.9 Å². The fourth-order valence-electron chi connectivity index (χ4n) is 2.57. The molecule has 0 aromatic carbocycles. The number of rotatable bonds is 6. The quantitative estimate of drug-likeness (QED) is 0.354. The number of allylic oxidation sites excluding steroid dienone is 1. The molecule has 0 saturated carbocycles. The van der Waals surface area contributed by atoms with E-state index in [0.29, 0.717) is 21.9 Å². The van der Waals surface area contributed by atoms with Crippen LogP contribution in [0.1, 0.15) is 6.92 Å². The number of thioether (sulfide) groups is 1. The van der Waals surface area contributed by atoms with E-state index < -0.39 is 0 Å². The molecule has 0 N–H and O–H groups in total. The lowest BCUT2D eigenvalue weighted by atomic mass is 10.2. The first kappa shape index (κ1) is 18.9. The SMILES string of the molecule is C=CCn1c(S[C@@H](C)C(=O)N(C)C)nc2scc(-c3cccs3)c2c1=O. The normalized spacial score (nSPS) is 12.3. The smallest absolute Gasteiger partial charge is 0.263 e. The van der Waals surface area contributed by atoms with Gasteiger partial charge in [0.15, 0.2) is 5.16 Å². The summed E-state index contributed by atoms with van der Waals surface area (Å²) in [5, 5.41) is 4.82. The Hall–Kier alpha value is -1.90. The molecule has 0 aliphatic heterocycles. The molecule has 0 bridgehead atoms. The van der Waals surface area contributed by atoms with Crippen molar-refractivity contribution in [2.24, 2.45) is 0 Å². The highest BCUT2D eigenvalue weighted by Crippen LogP contribution is 2.35. The minimum atomic E-state index is -0.331. The Balaban J connectivity index is 2.13. The van der Waals surface area contributed by atoms with Crippen LogP contribution in [0.3, 0.4) is 0 Å². The average Bonchev–Trinajstić information content (AvgIpc) is 3.26. The number of fused-ring (bicyclic) bond motifs is 1. The van der Waals surface area contributed by atoms with Gasteiger partial charge >= 0.3 is 0 Å². The van der Waals surface area contributed by atoms with Gasteiger partial charge in [-0.1, -0.05) is 23.9 Å². The maximum Gasteiger partial charge on any atom is 0.263 e. The summed E-state index contributed by atoms with van der Waals surface area (Å²) in [6.45, 7) is 5.93. The fraction of sp³-hybridized carbons (Fsp3) is 0.278. The first-order valence-electron chi connectivity index (χ1n) is 7.98. The summed E-state index contributed by atoms with van der Waals surface area (Å²) in [5.74, 6) is -0.0139. The molecular weight excluding hydrogens is 386 g/mol. The molecule has 0 aliphatic rings. The average molecular weight is 406 g/mol. The van der Waals surface area contributed by atoms with Crippen molar-refractivity contribution < 1.29 is 4.79 Å². The van der Waals surface area contributed by atoms with Gasteiger partial charge in [0.1, 0.15) is 4.83 Å². The number of amides is 1. The van der Waals surface area contributed by atoms with Gasteiger partial charge in [0.25, 0.3) is 5.56 Å². The number of hydrogen-bond acceptors (Lipinski definition) is 6. The molecule has 0 aliphatic carbocycles. The van der Waals surface area contributed by atoms with Crippen LogP contribution in [-0.4, -0.2) is 39.7 Å². The Kier molecular flexibility index (Phi) is 5.64. The maximum atomic E-state index is 13.2. The van der Waals surface area contributed by atoms with Gasteiger partial charge in [-0.05, 0) is 18.4 Å². The van der Waals surface area contributed by atoms with E-state index in [-0.39, 0.29) is 16.7 Å². The number of aromatic nitrogens is 2. The van der Waals surface area contributed by atoms with E-state index in [1.807, 2.05) is 29.8 Å². The molecule has 3 heterocycles. The summed E-state index contributed by atoms with van der Waals surface area (Å²) >= 11 is 4.36. The van der Waals surface area contributed by atoms with Crippen LogP contribution in [0.15, 0.2) is 45.5 Å².